The second-order valence-electron chi connectivity index (χ2n) is 5.73. The van der Waals surface area contributed by atoms with Gasteiger partial charge in [-0.1, -0.05) is 30.7 Å². The highest BCUT2D eigenvalue weighted by molar-refractivity contribution is 5.44. The molecule has 2 aliphatic rings. The van der Waals surface area contributed by atoms with Crippen LogP contribution in [0.1, 0.15) is 48.8 Å². The average molecular weight is 215 g/mol. The van der Waals surface area contributed by atoms with Crippen molar-refractivity contribution in [3.63, 3.8) is 0 Å². The molecule has 1 aliphatic heterocycles. The second-order valence-corrected chi connectivity index (χ2v) is 5.73. The molecule has 1 saturated heterocycles. The average Bonchev–Trinajstić information content (AvgIpc) is 2.53. The van der Waals surface area contributed by atoms with Crippen LogP contribution in [0.15, 0.2) is 18.2 Å². The molecule has 0 aromatic heterocycles. The summed E-state index contributed by atoms with van der Waals surface area (Å²) in [4.78, 5) is 0. The molecule has 1 spiro atoms. The molecule has 1 unspecified atom stereocenters. The highest BCUT2D eigenvalue weighted by atomic mass is 14.9. The molecule has 1 aliphatic carbocycles. The Morgan fingerprint density at radius 2 is 2.00 bits per heavy atom. The summed E-state index contributed by atoms with van der Waals surface area (Å²) in [6.07, 6.45) is 4.02. The molecule has 1 heteroatoms. The monoisotopic (exact) mass is 215 g/mol. The summed E-state index contributed by atoms with van der Waals surface area (Å²) in [5, 5.41) is 3.50. The normalized spacial score (nSPS) is 27.0. The molecule has 0 radical (unpaired) electrons. The van der Waals surface area contributed by atoms with Crippen molar-refractivity contribution in [2.45, 2.75) is 44.4 Å². The lowest BCUT2D eigenvalue weighted by Crippen LogP contribution is -2.38. The van der Waals surface area contributed by atoms with E-state index in [1.165, 1.54) is 37.9 Å². The molecule has 1 aromatic carbocycles. The van der Waals surface area contributed by atoms with Crippen LogP contribution in [0.3, 0.4) is 0 Å². The summed E-state index contributed by atoms with van der Waals surface area (Å²) in [6, 6.07) is 7.09. The maximum absolute atomic E-state index is 3.50. The number of aryl methyl sites for hydroxylation is 1. The van der Waals surface area contributed by atoms with Crippen LogP contribution in [0.25, 0.3) is 0 Å². The molecular formula is C15H21N. The Kier molecular flexibility index (Phi) is 2.32. The Hall–Kier alpha value is -0.820. The first kappa shape index (κ1) is 10.3. The minimum atomic E-state index is 0.506. The number of fused-ring (bicyclic) bond motifs is 2. The molecule has 0 saturated carbocycles. The van der Waals surface area contributed by atoms with Crippen LogP contribution in [-0.2, 0) is 5.41 Å². The van der Waals surface area contributed by atoms with Crippen LogP contribution in [-0.4, -0.2) is 13.1 Å². The Morgan fingerprint density at radius 1 is 1.25 bits per heavy atom. The van der Waals surface area contributed by atoms with E-state index in [-0.39, 0.29) is 0 Å². The molecule has 1 atom stereocenters. The Bertz CT molecular complexity index is 402. The van der Waals surface area contributed by atoms with E-state index in [2.05, 4.69) is 37.4 Å². The van der Waals surface area contributed by atoms with Gasteiger partial charge in [0.05, 0.1) is 0 Å². The lowest BCUT2D eigenvalue weighted by Gasteiger charge is -2.35. The number of piperidine rings is 1. The van der Waals surface area contributed by atoms with Crippen molar-refractivity contribution < 1.29 is 0 Å². The van der Waals surface area contributed by atoms with E-state index in [1.54, 1.807) is 11.1 Å². The lowest BCUT2D eigenvalue weighted by atomic mass is 9.73. The van der Waals surface area contributed by atoms with Crippen LogP contribution in [0.2, 0.25) is 0 Å². The van der Waals surface area contributed by atoms with Crippen molar-refractivity contribution >= 4 is 0 Å². The molecule has 1 fully saturated rings. The first-order chi connectivity index (χ1) is 7.71. The Labute approximate surface area is 98.3 Å². The first-order valence-corrected chi connectivity index (χ1v) is 6.53. The fourth-order valence-electron chi connectivity index (χ4n) is 3.74. The van der Waals surface area contributed by atoms with Gasteiger partial charge in [0.15, 0.2) is 0 Å². The summed E-state index contributed by atoms with van der Waals surface area (Å²) < 4.78 is 0. The van der Waals surface area contributed by atoms with Gasteiger partial charge >= 0.3 is 0 Å². The number of rotatable bonds is 0. The maximum atomic E-state index is 3.50. The predicted octanol–water partition coefficient (Wildman–Crippen LogP) is 3.12. The Balaban J connectivity index is 2.09. The third kappa shape index (κ3) is 1.41. The van der Waals surface area contributed by atoms with E-state index in [4.69, 9.17) is 0 Å². The van der Waals surface area contributed by atoms with Crippen molar-refractivity contribution in [1.82, 2.24) is 5.32 Å². The van der Waals surface area contributed by atoms with Gasteiger partial charge in [0.1, 0.15) is 0 Å². The third-order valence-electron chi connectivity index (χ3n) is 4.57. The van der Waals surface area contributed by atoms with E-state index < -0.39 is 0 Å². The minimum absolute atomic E-state index is 0.506. The highest BCUT2D eigenvalue weighted by Gasteiger charge is 2.42. The lowest BCUT2D eigenvalue weighted by molar-refractivity contribution is 0.296. The van der Waals surface area contributed by atoms with Crippen LogP contribution in [0.4, 0.5) is 0 Å². The molecule has 0 amide bonds. The quantitative estimate of drug-likeness (QED) is 0.701. The van der Waals surface area contributed by atoms with Crippen LogP contribution in [0.5, 0.6) is 0 Å². The van der Waals surface area contributed by atoms with Crippen molar-refractivity contribution in [2.75, 3.05) is 13.1 Å². The van der Waals surface area contributed by atoms with E-state index in [9.17, 15) is 0 Å². The molecule has 0 bridgehead atoms. The number of hydrogen-bond donors (Lipinski definition) is 1. The van der Waals surface area contributed by atoms with Crippen molar-refractivity contribution in [3.8, 4) is 0 Å². The zero-order chi connectivity index (χ0) is 11.2. The number of nitrogens with one attached hydrogen (secondary N) is 1. The Morgan fingerprint density at radius 3 is 2.75 bits per heavy atom. The van der Waals surface area contributed by atoms with E-state index in [0.29, 0.717) is 5.41 Å². The van der Waals surface area contributed by atoms with Crippen LogP contribution in [0, 0.1) is 6.92 Å². The zero-order valence-electron chi connectivity index (χ0n) is 10.3. The molecule has 3 rings (SSSR count). The van der Waals surface area contributed by atoms with Gasteiger partial charge < -0.3 is 5.32 Å². The number of benzene rings is 1. The van der Waals surface area contributed by atoms with Gasteiger partial charge in [-0.3, -0.25) is 0 Å². The van der Waals surface area contributed by atoms with Crippen molar-refractivity contribution in [3.05, 3.63) is 34.9 Å². The van der Waals surface area contributed by atoms with Gasteiger partial charge in [-0.15, -0.1) is 0 Å². The molecular weight excluding hydrogens is 194 g/mol. The summed E-state index contributed by atoms with van der Waals surface area (Å²) in [5.74, 6) is 0.758. The van der Waals surface area contributed by atoms with Gasteiger partial charge in [0.25, 0.3) is 0 Å². The van der Waals surface area contributed by atoms with Crippen molar-refractivity contribution in [2.24, 2.45) is 0 Å². The fourth-order valence-corrected chi connectivity index (χ4v) is 3.74. The second kappa shape index (κ2) is 3.59. The maximum Gasteiger partial charge on any atom is -0.00142 e. The summed E-state index contributed by atoms with van der Waals surface area (Å²) in [6.45, 7) is 7.00. The van der Waals surface area contributed by atoms with Gasteiger partial charge in [-0.25, -0.2) is 0 Å². The van der Waals surface area contributed by atoms with Gasteiger partial charge in [0.2, 0.25) is 0 Å². The molecule has 1 heterocycles. The minimum Gasteiger partial charge on any atom is -0.317 e. The van der Waals surface area contributed by atoms with Crippen LogP contribution < -0.4 is 5.32 Å². The molecule has 1 nitrogen and oxygen atoms in total. The van der Waals surface area contributed by atoms with Crippen LogP contribution >= 0.6 is 0 Å². The smallest absolute Gasteiger partial charge is 0.00142 e. The SMILES string of the molecule is Cc1ccc2c(c1)C1(CCNCC1)CC2C. The summed E-state index contributed by atoms with van der Waals surface area (Å²) in [5.41, 5.74) is 5.21. The van der Waals surface area contributed by atoms with Gasteiger partial charge in [-0.05, 0) is 61.7 Å². The standard InChI is InChI=1S/C15H21N/c1-11-3-4-13-12(2)10-15(14(13)9-11)5-7-16-8-6-15/h3-4,9,12,16H,5-8,10H2,1-2H3. The number of hydrogen-bond acceptors (Lipinski definition) is 1. The third-order valence-corrected chi connectivity index (χ3v) is 4.57. The summed E-state index contributed by atoms with van der Waals surface area (Å²) >= 11 is 0. The topological polar surface area (TPSA) is 12.0 Å². The zero-order valence-corrected chi connectivity index (χ0v) is 10.3. The largest absolute Gasteiger partial charge is 0.317 e. The van der Waals surface area contributed by atoms with E-state index in [0.717, 1.165) is 5.92 Å². The molecule has 1 N–H and O–H groups in total. The van der Waals surface area contributed by atoms with E-state index in [1.807, 2.05) is 0 Å². The van der Waals surface area contributed by atoms with E-state index >= 15 is 0 Å². The first-order valence-electron chi connectivity index (χ1n) is 6.53. The molecule has 86 valence electrons. The highest BCUT2D eigenvalue weighted by Crippen LogP contribution is 2.50. The summed E-state index contributed by atoms with van der Waals surface area (Å²) in [7, 11) is 0. The molecule has 1 aromatic rings. The van der Waals surface area contributed by atoms with Crippen molar-refractivity contribution in [1.29, 1.82) is 0 Å². The fraction of sp³-hybridized carbons (Fsp3) is 0.600. The predicted molar refractivity (Wildman–Crippen MR) is 68.0 cm³/mol. The molecule has 16 heavy (non-hydrogen) atoms. The van der Waals surface area contributed by atoms with Gasteiger partial charge in [0, 0.05) is 0 Å². The van der Waals surface area contributed by atoms with Gasteiger partial charge in [-0.2, -0.15) is 0 Å².